The molecule has 18 heavy (non-hydrogen) atoms. The van der Waals surface area contributed by atoms with Crippen molar-refractivity contribution >= 4 is 11.9 Å². The molecule has 1 atom stereocenters. The van der Waals surface area contributed by atoms with E-state index in [2.05, 4.69) is 0 Å². The van der Waals surface area contributed by atoms with Crippen LogP contribution in [0, 0.1) is 11.3 Å². The first kappa shape index (κ1) is 13.3. The van der Waals surface area contributed by atoms with Crippen LogP contribution >= 0.6 is 0 Å². The number of nitrogens with zero attached hydrogens (tertiary/aromatic N) is 1. The molecule has 0 unspecified atom stereocenters. The summed E-state index contributed by atoms with van der Waals surface area (Å²) in [5, 5.41) is 9.00. The van der Waals surface area contributed by atoms with Gasteiger partial charge >= 0.3 is 5.97 Å². The van der Waals surface area contributed by atoms with Crippen LogP contribution in [0.15, 0.2) is 0 Å². The molecule has 0 aromatic carbocycles. The Morgan fingerprint density at radius 1 is 1.33 bits per heavy atom. The zero-order valence-electron chi connectivity index (χ0n) is 10.9. The van der Waals surface area contributed by atoms with Gasteiger partial charge in [-0.3, -0.25) is 9.59 Å². The highest BCUT2D eigenvalue weighted by atomic mass is 16.4. The van der Waals surface area contributed by atoms with Gasteiger partial charge in [-0.2, -0.15) is 0 Å². The number of carboxylic acids is 1. The number of carboxylic acid groups (broad SMARTS) is 1. The Labute approximate surface area is 107 Å². The molecule has 1 amide bonds. The van der Waals surface area contributed by atoms with Gasteiger partial charge in [-0.25, -0.2) is 0 Å². The van der Waals surface area contributed by atoms with Crippen LogP contribution in [0.1, 0.15) is 39.0 Å². The summed E-state index contributed by atoms with van der Waals surface area (Å²) < 4.78 is 0. The minimum absolute atomic E-state index is 0.0206. The van der Waals surface area contributed by atoms with Crippen molar-refractivity contribution < 1.29 is 14.7 Å². The second-order valence-electron chi connectivity index (χ2n) is 5.91. The summed E-state index contributed by atoms with van der Waals surface area (Å²) in [4.78, 5) is 24.6. The molecular formula is C13H22N2O3. The van der Waals surface area contributed by atoms with E-state index in [0.29, 0.717) is 0 Å². The predicted molar refractivity (Wildman–Crippen MR) is 66.9 cm³/mol. The Bertz CT molecular complexity index is 346. The minimum atomic E-state index is -0.675. The van der Waals surface area contributed by atoms with Crippen molar-refractivity contribution in [1.82, 2.24) is 4.90 Å². The maximum Gasteiger partial charge on any atom is 0.306 e. The van der Waals surface area contributed by atoms with Gasteiger partial charge in [0.15, 0.2) is 0 Å². The fraction of sp³-hybridized carbons (Fsp3) is 0.846. The number of amides is 1. The summed E-state index contributed by atoms with van der Waals surface area (Å²) in [6.45, 7) is 3.26. The van der Waals surface area contributed by atoms with Crippen molar-refractivity contribution in [2.75, 3.05) is 13.1 Å². The van der Waals surface area contributed by atoms with E-state index in [4.69, 9.17) is 10.8 Å². The van der Waals surface area contributed by atoms with Crippen LogP contribution in [0.4, 0.5) is 0 Å². The van der Waals surface area contributed by atoms with E-state index in [-0.39, 0.29) is 17.2 Å². The standard InChI is InChI=1S/C13H22N2O3/c1-9(14)11(16)15-7-6-13(8-15)4-2-10(3-5-13)12(17)18/h9-10H,2-8,14H2,1H3,(H,17,18)/t9-,10?,13?/m1/s1. The van der Waals surface area contributed by atoms with Gasteiger partial charge in [0, 0.05) is 13.1 Å². The predicted octanol–water partition coefficient (Wildman–Crippen LogP) is 0.827. The lowest BCUT2D eigenvalue weighted by atomic mass is 9.70. The molecule has 3 N–H and O–H groups in total. The monoisotopic (exact) mass is 254 g/mol. The Morgan fingerprint density at radius 2 is 1.94 bits per heavy atom. The molecule has 0 aromatic rings. The maximum atomic E-state index is 11.9. The fourth-order valence-electron chi connectivity index (χ4n) is 3.30. The van der Waals surface area contributed by atoms with Crippen LogP contribution in [-0.4, -0.2) is 41.0 Å². The third-order valence-corrected chi connectivity index (χ3v) is 4.54. The van der Waals surface area contributed by atoms with Crippen LogP contribution in [0.25, 0.3) is 0 Å². The average molecular weight is 254 g/mol. The van der Waals surface area contributed by atoms with Crippen molar-refractivity contribution in [3.8, 4) is 0 Å². The van der Waals surface area contributed by atoms with Gasteiger partial charge in [0.1, 0.15) is 0 Å². The van der Waals surface area contributed by atoms with Gasteiger partial charge in [-0.05, 0) is 44.4 Å². The summed E-state index contributed by atoms with van der Waals surface area (Å²) in [7, 11) is 0. The van der Waals surface area contributed by atoms with Gasteiger partial charge in [0.25, 0.3) is 0 Å². The molecule has 1 aliphatic heterocycles. The largest absolute Gasteiger partial charge is 0.481 e. The lowest BCUT2D eigenvalue weighted by Crippen LogP contribution is -2.42. The zero-order chi connectivity index (χ0) is 13.3. The topological polar surface area (TPSA) is 83.6 Å². The quantitative estimate of drug-likeness (QED) is 0.764. The van der Waals surface area contributed by atoms with E-state index in [1.54, 1.807) is 6.92 Å². The number of likely N-dealkylation sites (tertiary alicyclic amines) is 1. The summed E-state index contributed by atoms with van der Waals surface area (Å²) in [5.74, 6) is -0.840. The molecule has 2 aliphatic rings. The van der Waals surface area contributed by atoms with E-state index in [1.807, 2.05) is 4.90 Å². The molecule has 102 valence electrons. The zero-order valence-corrected chi connectivity index (χ0v) is 10.9. The minimum Gasteiger partial charge on any atom is -0.481 e. The lowest BCUT2D eigenvalue weighted by molar-refractivity contribution is -0.143. The van der Waals surface area contributed by atoms with E-state index in [0.717, 1.165) is 45.2 Å². The molecule has 1 saturated heterocycles. The summed E-state index contributed by atoms with van der Waals surface area (Å²) in [6.07, 6.45) is 4.34. The first-order valence-corrected chi connectivity index (χ1v) is 6.71. The van der Waals surface area contributed by atoms with Crippen molar-refractivity contribution in [1.29, 1.82) is 0 Å². The van der Waals surface area contributed by atoms with Crippen molar-refractivity contribution in [2.24, 2.45) is 17.1 Å². The third kappa shape index (κ3) is 2.51. The third-order valence-electron chi connectivity index (χ3n) is 4.54. The van der Waals surface area contributed by atoms with Crippen molar-refractivity contribution in [2.45, 2.75) is 45.1 Å². The van der Waals surface area contributed by atoms with Crippen LogP contribution in [0.3, 0.4) is 0 Å². The highest BCUT2D eigenvalue weighted by molar-refractivity contribution is 5.81. The fourth-order valence-corrected chi connectivity index (χ4v) is 3.30. The summed E-state index contributed by atoms with van der Waals surface area (Å²) in [5.41, 5.74) is 5.79. The smallest absolute Gasteiger partial charge is 0.306 e. The first-order valence-electron chi connectivity index (χ1n) is 6.71. The average Bonchev–Trinajstić information content (AvgIpc) is 2.72. The Balaban J connectivity index is 1.93. The molecule has 5 nitrogen and oxygen atoms in total. The molecule has 1 saturated carbocycles. The number of rotatable bonds is 2. The Morgan fingerprint density at radius 3 is 2.44 bits per heavy atom. The van der Waals surface area contributed by atoms with E-state index < -0.39 is 12.0 Å². The number of carbonyl (C=O) groups is 2. The number of carbonyl (C=O) groups excluding carboxylic acids is 1. The molecule has 0 aromatic heterocycles. The number of nitrogens with two attached hydrogens (primary N) is 1. The van der Waals surface area contributed by atoms with E-state index in [1.165, 1.54) is 0 Å². The van der Waals surface area contributed by atoms with Crippen LogP contribution < -0.4 is 5.73 Å². The molecule has 1 aliphatic carbocycles. The van der Waals surface area contributed by atoms with Crippen molar-refractivity contribution in [3.63, 3.8) is 0 Å². The van der Waals surface area contributed by atoms with Crippen LogP contribution in [0.2, 0.25) is 0 Å². The van der Waals surface area contributed by atoms with Gasteiger partial charge in [-0.15, -0.1) is 0 Å². The van der Waals surface area contributed by atoms with Crippen molar-refractivity contribution in [3.05, 3.63) is 0 Å². The van der Waals surface area contributed by atoms with Gasteiger partial charge < -0.3 is 15.7 Å². The summed E-state index contributed by atoms with van der Waals surface area (Å²) >= 11 is 0. The second kappa shape index (κ2) is 4.88. The first-order chi connectivity index (χ1) is 8.43. The number of hydrogen-bond acceptors (Lipinski definition) is 3. The summed E-state index contributed by atoms with van der Waals surface area (Å²) in [6, 6.07) is -0.435. The van der Waals surface area contributed by atoms with Gasteiger partial charge in [0.2, 0.25) is 5.91 Å². The van der Waals surface area contributed by atoms with Gasteiger partial charge in [-0.1, -0.05) is 0 Å². The maximum absolute atomic E-state index is 11.9. The molecule has 2 rings (SSSR count). The highest BCUT2D eigenvalue weighted by Crippen LogP contribution is 2.45. The Hall–Kier alpha value is -1.10. The molecule has 1 heterocycles. The second-order valence-corrected chi connectivity index (χ2v) is 5.91. The Kier molecular flexibility index (Phi) is 3.61. The lowest BCUT2D eigenvalue weighted by Gasteiger charge is -2.35. The molecule has 1 spiro atoms. The molecule has 0 bridgehead atoms. The number of aliphatic carboxylic acids is 1. The van der Waals surface area contributed by atoms with Crippen LogP contribution in [-0.2, 0) is 9.59 Å². The van der Waals surface area contributed by atoms with E-state index in [9.17, 15) is 9.59 Å². The molecule has 5 heteroatoms. The molecular weight excluding hydrogens is 232 g/mol. The van der Waals surface area contributed by atoms with E-state index >= 15 is 0 Å². The normalized spacial score (nSPS) is 33.7. The van der Waals surface area contributed by atoms with Gasteiger partial charge in [0.05, 0.1) is 12.0 Å². The number of hydrogen-bond donors (Lipinski definition) is 2. The van der Waals surface area contributed by atoms with Crippen LogP contribution in [0.5, 0.6) is 0 Å². The highest BCUT2D eigenvalue weighted by Gasteiger charge is 2.43. The molecule has 2 fully saturated rings. The SMILES string of the molecule is C[C@@H](N)C(=O)N1CCC2(CCC(C(=O)O)CC2)C1. The molecule has 0 radical (unpaired) electrons.